The first kappa shape index (κ1) is 9.46. The van der Waals surface area contributed by atoms with Crippen LogP contribution in [0, 0.1) is 0 Å². The Morgan fingerprint density at radius 3 is 2.71 bits per heavy atom. The van der Waals surface area contributed by atoms with Crippen molar-refractivity contribution in [2.75, 3.05) is 4.90 Å². The van der Waals surface area contributed by atoms with Crippen LogP contribution >= 0.6 is 0 Å². The first-order valence-electron chi connectivity index (χ1n) is 6.33. The summed E-state index contributed by atoms with van der Waals surface area (Å²) in [7, 11) is 0. The number of hydrogen-bond acceptors (Lipinski definition) is 2. The predicted octanol–water partition coefficient (Wildman–Crippen LogP) is 3.17. The number of anilines is 1. The molecule has 2 nitrogen and oxygen atoms in total. The molecule has 1 aliphatic heterocycles. The molecule has 4 rings (SSSR count). The summed E-state index contributed by atoms with van der Waals surface area (Å²) in [5.74, 6) is 1.16. The molecule has 17 heavy (non-hydrogen) atoms. The van der Waals surface area contributed by atoms with Gasteiger partial charge in [0.25, 0.3) is 0 Å². The van der Waals surface area contributed by atoms with Gasteiger partial charge in [0.15, 0.2) is 0 Å². The van der Waals surface area contributed by atoms with E-state index in [2.05, 4.69) is 35.2 Å². The molecular formula is C15H16N2. The van der Waals surface area contributed by atoms with E-state index in [0.717, 1.165) is 18.7 Å². The van der Waals surface area contributed by atoms with E-state index >= 15 is 0 Å². The lowest BCUT2D eigenvalue weighted by Crippen LogP contribution is -2.40. The minimum absolute atomic E-state index is 0.251. The maximum atomic E-state index is 4.59. The Morgan fingerprint density at radius 1 is 1.29 bits per heavy atom. The summed E-state index contributed by atoms with van der Waals surface area (Å²) in [6.45, 7) is 8.39. The number of hydrogen-bond donors (Lipinski definition) is 0. The Kier molecular flexibility index (Phi) is 1.56. The minimum atomic E-state index is 0.251. The van der Waals surface area contributed by atoms with Crippen LogP contribution in [0.25, 0.3) is 0 Å². The molecule has 0 atom stereocenters. The van der Waals surface area contributed by atoms with E-state index in [1.54, 1.807) is 0 Å². The minimum Gasteiger partial charge on any atom is -0.326 e. The van der Waals surface area contributed by atoms with E-state index < -0.39 is 0 Å². The molecule has 0 aromatic carbocycles. The third-order valence-electron chi connectivity index (χ3n) is 4.54. The first-order valence-corrected chi connectivity index (χ1v) is 6.33. The van der Waals surface area contributed by atoms with Crippen LogP contribution < -0.4 is 4.90 Å². The van der Waals surface area contributed by atoms with Gasteiger partial charge in [0, 0.05) is 28.9 Å². The quantitative estimate of drug-likeness (QED) is 0.681. The molecule has 2 heteroatoms. The number of fused-ring (bicyclic) bond motifs is 2. The van der Waals surface area contributed by atoms with Gasteiger partial charge in [-0.3, -0.25) is 0 Å². The van der Waals surface area contributed by atoms with E-state index in [0.29, 0.717) is 6.04 Å². The molecule has 1 spiro atoms. The van der Waals surface area contributed by atoms with Crippen molar-refractivity contribution < 1.29 is 0 Å². The highest BCUT2D eigenvalue weighted by molar-refractivity contribution is 5.70. The van der Waals surface area contributed by atoms with Crippen LogP contribution in [0.4, 0.5) is 5.82 Å². The highest BCUT2D eigenvalue weighted by Gasteiger charge is 2.57. The van der Waals surface area contributed by atoms with Gasteiger partial charge in [-0.15, -0.1) is 0 Å². The maximum Gasteiger partial charge on any atom is 0.137 e. The Balaban J connectivity index is 1.81. The van der Waals surface area contributed by atoms with E-state index in [1.807, 2.05) is 6.20 Å². The Labute approximate surface area is 102 Å². The molecule has 0 saturated heterocycles. The third kappa shape index (κ3) is 1.03. The van der Waals surface area contributed by atoms with Gasteiger partial charge in [-0.1, -0.05) is 24.8 Å². The van der Waals surface area contributed by atoms with Crippen molar-refractivity contribution in [3.8, 4) is 0 Å². The molecule has 1 aromatic rings. The molecule has 2 fully saturated rings. The summed E-state index contributed by atoms with van der Waals surface area (Å²) in [6.07, 6.45) is 6.59. The van der Waals surface area contributed by atoms with Crippen molar-refractivity contribution in [1.82, 2.24) is 4.98 Å². The zero-order valence-electron chi connectivity index (χ0n) is 9.95. The van der Waals surface area contributed by atoms with Crippen LogP contribution in [-0.4, -0.2) is 11.0 Å². The lowest BCUT2D eigenvalue weighted by molar-refractivity contribution is 0.513. The average molecular weight is 224 g/mol. The predicted molar refractivity (Wildman–Crippen MR) is 68.9 cm³/mol. The lowest BCUT2D eigenvalue weighted by Gasteiger charge is -2.38. The monoisotopic (exact) mass is 224 g/mol. The van der Waals surface area contributed by atoms with Crippen LogP contribution in [0.5, 0.6) is 0 Å². The molecule has 2 saturated carbocycles. The topological polar surface area (TPSA) is 16.1 Å². The van der Waals surface area contributed by atoms with Crippen LogP contribution in [0.15, 0.2) is 42.8 Å². The van der Waals surface area contributed by atoms with Gasteiger partial charge >= 0.3 is 0 Å². The van der Waals surface area contributed by atoms with E-state index in [4.69, 9.17) is 0 Å². The fourth-order valence-electron chi connectivity index (χ4n) is 3.34. The smallest absolute Gasteiger partial charge is 0.137 e. The van der Waals surface area contributed by atoms with Crippen molar-refractivity contribution in [2.45, 2.75) is 37.1 Å². The zero-order chi connectivity index (χ0) is 11.6. The number of allylic oxidation sites excluding steroid dienone is 1. The highest BCUT2D eigenvalue weighted by Crippen LogP contribution is 2.62. The second kappa shape index (κ2) is 2.81. The van der Waals surface area contributed by atoms with E-state index in [1.165, 1.54) is 29.7 Å². The molecular weight excluding hydrogens is 208 g/mol. The second-order valence-corrected chi connectivity index (χ2v) is 5.59. The summed E-state index contributed by atoms with van der Waals surface area (Å²) in [4.78, 5) is 6.98. The Bertz CT molecular complexity index is 532. The Hall–Kier alpha value is -1.57. The molecule has 86 valence electrons. The molecule has 0 unspecified atom stereocenters. The van der Waals surface area contributed by atoms with Gasteiger partial charge in [0.1, 0.15) is 5.82 Å². The largest absolute Gasteiger partial charge is 0.326 e. The summed E-state index contributed by atoms with van der Waals surface area (Å²) >= 11 is 0. The molecule has 2 aliphatic carbocycles. The fourth-order valence-corrected chi connectivity index (χ4v) is 3.34. The summed E-state index contributed by atoms with van der Waals surface area (Å²) in [5, 5.41) is 0. The summed E-state index contributed by atoms with van der Waals surface area (Å²) < 4.78 is 0. The van der Waals surface area contributed by atoms with Crippen LogP contribution in [0.2, 0.25) is 0 Å². The SMILES string of the molecule is C=C1CC(N2C(=C)C3(CC3)c3cccnc32)C1. The fraction of sp³-hybridized carbons (Fsp3) is 0.400. The molecule has 0 bridgehead atoms. The molecule has 0 N–H and O–H groups in total. The first-order chi connectivity index (χ1) is 8.22. The van der Waals surface area contributed by atoms with Gasteiger partial charge in [-0.25, -0.2) is 4.98 Å². The van der Waals surface area contributed by atoms with Gasteiger partial charge < -0.3 is 4.90 Å². The van der Waals surface area contributed by atoms with Gasteiger partial charge in [-0.05, 0) is 31.7 Å². The van der Waals surface area contributed by atoms with Gasteiger partial charge in [0.2, 0.25) is 0 Å². The number of rotatable bonds is 1. The normalized spacial score (nSPS) is 25.1. The number of aromatic nitrogens is 1. The van der Waals surface area contributed by atoms with E-state index in [9.17, 15) is 0 Å². The second-order valence-electron chi connectivity index (χ2n) is 5.59. The number of pyridine rings is 1. The lowest BCUT2D eigenvalue weighted by atomic mass is 9.86. The maximum absolute atomic E-state index is 4.59. The third-order valence-corrected chi connectivity index (χ3v) is 4.54. The summed E-state index contributed by atoms with van der Waals surface area (Å²) in [6, 6.07) is 4.84. The van der Waals surface area contributed by atoms with Crippen molar-refractivity contribution in [2.24, 2.45) is 0 Å². The molecule has 1 aromatic heterocycles. The molecule has 0 radical (unpaired) electrons. The zero-order valence-corrected chi connectivity index (χ0v) is 9.95. The Morgan fingerprint density at radius 2 is 2.06 bits per heavy atom. The summed E-state index contributed by atoms with van der Waals surface area (Å²) in [5.41, 5.74) is 4.30. The molecule has 2 heterocycles. The van der Waals surface area contributed by atoms with Crippen molar-refractivity contribution in [1.29, 1.82) is 0 Å². The highest BCUT2D eigenvalue weighted by atomic mass is 15.3. The number of nitrogens with zero attached hydrogens (tertiary/aromatic N) is 2. The van der Waals surface area contributed by atoms with Crippen molar-refractivity contribution in [3.05, 3.63) is 48.3 Å². The van der Waals surface area contributed by atoms with Gasteiger partial charge in [-0.2, -0.15) is 0 Å². The average Bonchev–Trinajstić information content (AvgIpc) is 3.04. The van der Waals surface area contributed by atoms with Crippen LogP contribution in [0.3, 0.4) is 0 Å². The van der Waals surface area contributed by atoms with Crippen LogP contribution in [-0.2, 0) is 5.41 Å². The van der Waals surface area contributed by atoms with Crippen molar-refractivity contribution >= 4 is 5.82 Å². The standard InChI is InChI=1S/C15H16N2/c1-10-8-12(9-10)17-11(2)15(5-6-15)13-4-3-7-16-14(13)17/h3-4,7,12H,1-2,5-6,8-9H2. The van der Waals surface area contributed by atoms with E-state index in [-0.39, 0.29) is 5.41 Å². The van der Waals surface area contributed by atoms with Crippen LogP contribution in [0.1, 0.15) is 31.2 Å². The van der Waals surface area contributed by atoms with Crippen molar-refractivity contribution in [3.63, 3.8) is 0 Å². The van der Waals surface area contributed by atoms with Gasteiger partial charge in [0.05, 0.1) is 0 Å². The molecule has 0 amide bonds. The molecule has 3 aliphatic rings.